The van der Waals surface area contributed by atoms with E-state index in [0.717, 1.165) is 13.1 Å². The Morgan fingerprint density at radius 1 is 0.773 bits per heavy atom. The summed E-state index contributed by atoms with van der Waals surface area (Å²) in [6, 6.07) is 0. The first-order valence-electron chi connectivity index (χ1n) is 5.51. The zero-order chi connectivity index (χ0) is 17.8. The van der Waals surface area contributed by atoms with Gasteiger partial charge in [-0.2, -0.15) is 26.3 Å². The molecule has 7 nitrogen and oxygen atoms in total. The van der Waals surface area contributed by atoms with Crippen LogP contribution in [0.25, 0.3) is 0 Å². The molecular weight excluding hydrogens is 368 g/mol. The number of sulfonamides is 2. The summed E-state index contributed by atoms with van der Waals surface area (Å²) in [5.41, 5.74) is -12.3. The van der Waals surface area contributed by atoms with Crippen molar-refractivity contribution < 1.29 is 43.2 Å². The van der Waals surface area contributed by atoms with Crippen molar-refractivity contribution >= 4 is 20.0 Å². The predicted octanol–water partition coefficient (Wildman–Crippen LogP) is 0.621. The van der Waals surface area contributed by atoms with Crippen molar-refractivity contribution in [3.63, 3.8) is 0 Å². The smallest absolute Gasteiger partial charge is 0.269 e. The molecule has 1 rings (SSSR count). The minimum Gasteiger partial charge on any atom is -0.269 e. The topological polar surface area (TPSA) is 110 Å². The lowest BCUT2D eigenvalue weighted by molar-refractivity contribution is -0.0476. The summed E-state index contributed by atoms with van der Waals surface area (Å²) in [6.45, 7) is 2.19. The third-order valence-electron chi connectivity index (χ3n) is 2.22. The highest BCUT2D eigenvalue weighted by molar-refractivity contribution is 8.05. The van der Waals surface area contributed by atoms with E-state index >= 15 is 0 Å². The van der Waals surface area contributed by atoms with E-state index in [1.807, 2.05) is 5.01 Å². The molecule has 0 saturated carbocycles. The van der Waals surface area contributed by atoms with Gasteiger partial charge in [-0.3, -0.25) is 5.84 Å². The number of hydrogen-bond acceptors (Lipinski definition) is 6. The van der Waals surface area contributed by atoms with Crippen LogP contribution in [0.1, 0.15) is 19.3 Å². The van der Waals surface area contributed by atoms with Gasteiger partial charge in [0.05, 0.1) is 0 Å². The molecule has 0 unspecified atom stereocenters. The number of nitrogens with one attached hydrogen (secondary N) is 1. The molecule has 0 radical (unpaired) electrons. The van der Waals surface area contributed by atoms with E-state index < -0.39 is 35.2 Å². The third-order valence-corrected chi connectivity index (χ3v) is 5.19. The first-order chi connectivity index (χ1) is 9.60. The lowest BCUT2D eigenvalue weighted by Gasteiger charge is -2.20. The van der Waals surface area contributed by atoms with Gasteiger partial charge in [-0.1, -0.05) is 10.5 Å². The Labute approximate surface area is 122 Å². The van der Waals surface area contributed by atoms with Crippen LogP contribution in [0.5, 0.6) is 0 Å². The maximum absolute atomic E-state index is 11.5. The van der Waals surface area contributed by atoms with E-state index in [1.165, 1.54) is 19.3 Å². The van der Waals surface area contributed by atoms with Crippen LogP contribution in [0.3, 0.4) is 0 Å². The second kappa shape index (κ2) is 7.29. The van der Waals surface area contributed by atoms with E-state index in [-0.39, 0.29) is 0 Å². The van der Waals surface area contributed by atoms with Crippen molar-refractivity contribution in [1.29, 1.82) is 0 Å². The van der Waals surface area contributed by atoms with Gasteiger partial charge in [0.15, 0.2) is 0 Å². The van der Waals surface area contributed by atoms with Crippen LogP contribution in [0.2, 0.25) is 0 Å². The maximum atomic E-state index is 11.5. The van der Waals surface area contributed by atoms with Crippen LogP contribution >= 0.6 is 0 Å². The summed E-state index contributed by atoms with van der Waals surface area (Å²) in [5.74, 6) is 5.47. The molecule has 0 amide bonds. The summed E-state index contributed by atoms with van der Waals surface area (Å²) < 4.78 is 108. The number of piperidine rings is 1. The second-order valence-corrected chi connectivity index (χ2v) is 7.68. The zero-order valence-corrected chi connectivity index (χ0v) is 12.4. The number of nitrogens with zero attached hydrogens (tertiary/aromatic N) is 1. The molecule has 1 aliphatic heterocycles. The quantitative estimate of drug-likeness (QED) is 0.536. The van der Waals surface area contributed by atoms with E-state index in [0.29, 0.717) is 0 Å². The number of halogens is 6. The van der Waals surface area contributed by atoms with Gasteiger partial charge in [0.25, 0.3) is 0 Å². The number of hydrazine groups is 1. The fourth-order valence-electron chi connectivity index (χ4n) is 1.16. The van der Waals surface area contributed by atoms with Gasteiger partial charge in [0, 0.05) is 13.1 Å². The second-order valence-electron chi connectivity index (χ2n) is 4.08. The van der Waals surface area contributed by atoms with Crippen molar-refractivity contribution in [3.8, 4) is 0 Å². The Kier molecular flexibility index (Phi) is 7.08. The number of alkyl halides is 6. The van der Waals surface area contributed by atoms with E-state index in [4.69, 9.17) is 5.84 Å². The van der Waals surface area contributed by atoms with Gasteiger partial charge < -0.3 is 0 Å². The van der Waals surface area contributed by atoms with Gasteiger partial charge in [-0.15, -0.1) is 0 Å². The molecule has 0 aromatic carbocycles. The minimum atomic E-state index is -6.60. The zero-order valence-electron chi connectivity index (χ0n) is 10.8. The van der Waals surface area contributed by atoms with Gasteiger partial charge in [0.2, 0.25) is 0 Å². The SMILES string of the molecule is NN1CCCCC1.O=S(=O)(NS(=O)(=O)C(F)(F)F)C(F)(F)F. The van der Waals surface area contributed by atoms with E-state index in [9.17, 15) is 43.2 Å². The van der Waals surface area contributed by atoms with Crippen molar-refractivity contribution in [2.75, 3.05) is 13.1 Å². The Balaban J connectivity index is 0.000000518. The molecule has 0 atom stereocenters. The fraction of sp³-hybridized carbons (Fsp3) is 1.00. The van der Waals surface area contributed by atoms with Gasteiger partial charge in [0.1, 0.15) is 0 Å². The fourth-order valence-corrected chi connectivity index (χ4v) is 3.07. The van der Waals surface area contributed by atoms with Gasteiger partial charge in [-0.05, 0) is 12.8 Å². The molecule has 0 spiro atoms. The Morgan fingerprint density at radius 2 is 1.09 bits per heavy atom. The number of hydrogen-bond donors (Lipinski definition) is 2. The summed E-state index contributed by atoms with van der Waals surface area (Å²) >= 11 is 0. The van der Waals surface area contributed by atoms with Crippen LogP contribution < -0.4 is 9.97 Å². The average molecular weight is 381 g/mol. The van der Waals surface area contributed by atoms with Crippen LogP contribution in [-0.2, 0) is 20.0 Å². The molecule has 1 fully saturated rings. The van der Waals surface area contributed by atoms with Crippen LogP contribution in [0.15, 0.2) is 0 Å². The third kappa shape index (κ3) is 6.64. The van der Waals surface area contributed by atoms with Crippen LogP contribution in [0, 0.1) is 0 Å². The molecule has 1 saturated heterocycles. The molecule has 15 heteroatoms. The summed E-state index contributed by atoms with van der Waals surface area (Å²) in [4.78, 5) is 0. The minimum absolute atomic E-state index is 0.493. The Hall–Kier alpha value is -0.640. The molecule has 0 bridgehead atoms. The highest BCUT2D eigenvalue weighted by Crippen LogP contribution is 2.27. The summed E-state index contributed by atoms with van der Waals surface area (Å²) in [5, 5.41) is 1.89. The Morgan fingerprint density at radius 3 is 1.27 bits per heavy atom. The number of nitrogens with two attached hydrogens (primary N) is 1. The first kappa shape index (κ1) is 21.4. The summed E-state index contributed by atoms with van der Waals surface area (Å²) in [6.07, 6.45) is 3.95. The maximum Gasteiger partial charge on any atom is 0.512 e. The monoisotopic (exact) mass is 381 g/mol. The van der Waals surface area contributed by atoms with Crippen molar-refractivity contribution in [1.82, 2.24) is 9.14 Å². The highest BCUT2D eigenvalue weighted by atomic mass is 32.3. The highest BCUT2D eigenvalue weighted by Gasteiger charge is 2.55. The molecular formula is C7H13F6N3O4S2. The standard InChI is InChI=1S/C5H12N2.C2HF6NO4S2/c6-7-4-2-1-3-5-7;3-1(4,5)14(10,11)9-15(12,13)2(6,7)8/h1-6H2;9H. The van der Waals surface area contributed by atoms with Crippen molar-refractivity contribution in [2.24, 2.45) is 5.84 Å². The lowest BCUT2D eigenvalue weighted by Crippen LogP contribution is -2.45. The van der Waals surface area contributed by atoms with E-state index in [1.54, 1.807) is 0 Å². The van der Waals surface area contributed by atoms with Gasteiger partial charge >= 0.3 is 31.1 Å². The lowest BCUT2D eigenvalue weighted by atomic mass is 10.2. The van der Waals surface area contributed by atoms with Gasteiger partial charge in [-0.25, -0.2) is 21.8 Å². The Bertz CT molecular complexity index is 508. The molecule has 1 aliphatic rings. The van der Waals surface area contributed by atoms with Crippen LogP contribution in [-0.4, -0.2) is 46.0 Å². The molecule has 1 heterocycles. The molecule has 22 heavy (non-hydrogen) atoms. The van der Waals surface area contributed by atoms with Crippen molar-refractivity contribution in [3.05, 3.63) is 0 Å². The van der Waals surface area contributed by atoms with E-state index in [2.05, 4.69) is 0 Å². The van der Waals surface area contributed by atoms with Crippen molar-refractivity contribution in [2.45, 2.75) is 30.3 Å². The molecule has 0 aromatic heterocycles. The average Bonchev–Trinajstić information content (AvgIpc) is 2.26. The predicted molar refractivity (Wildman–Crippen MR) is 62.7 cm³/mol. The molecule has 0 aliphatic carbocycles. The number of rotatable bonds is 2. The normalized spacial score (nSPS) is 18.5. The summed E-state index contributed by atoms with van der Waals surface area (Å²) in [7, 11) is -13.2. The van der Waals surface area contributed by atoms with Crippen LogP contribution in [0.4, 0.5) is 26.3 Å². The molecule has 3 N–H and O–H groups in total. The molecule has 134 valence electrons. The largest absolute Gasteiger partial charge is 0.512 e. The first-order valence-corrected chi connectivity index (χ1v) is 8.47. The molecule has 0 aromatic rings.